The van der Waals surface area contributed by atoms with Gasteiger partial charge >= 0.3 is 0 Å². The summed E-state index contributed by atoms with van der Waals surface area (Å²) in [5.41, 5.74) is 0.897. The number of anilines is 1. The van der Waals surface area contributed by atoms with Crippen LogP contribution in [-0.2, 0) is 14.9 Å². The van der Waals surface area contributed by atoms with Crippen LogP contribution in [0.5, 0.6) is 0 Å². The standard InChI is InChI=1S/C16H17FN2O4S/c1-11-7-8-14(17)15(9-11)18-16(20)12-5-4-6-13(10-12)24(21,22)19(2)23-3/h4-10H,1-3H3,(H,18,20). The normalized spacial score (nSPS) is 11.5. The van der Waals surface area contributed by atoms with E-state index in [2.05, 4.69) is 10.2 Å². The van der Waals surface area contributed by atoms with E-state index in [4.69, 9.17) is 0 Å². The van der Waals surface area contributed by atoms with E-state index < -0.39 is 21.7 Å². The van der Waals surface area contributed by atoms with Gasteiger partial charge in [0.25, 0.3) is 15.9 Å². The summed E-state index contributed by atoms with van der Waals surface area (Å²) in [6.07, 6.45) is 0. The second kappa shape index (κ2) is 7.08. The number of hydrogen-bond acceptors (Lipinski definition) is 4. The number of hydrogen-bond donors (Lipinski definition) is 1. The fourth-order valence-electron chi connectivity index (χ4n) is 1.97. The van der Waals surface area contributed by atoms with Crippen molar-refractivity contribution in [2.75, 3.05) is 19.5 Å². The highest BCUT2D eigenvalue weighted by atomic mass is 32.2. The Morgan fingerprint density at radius 1 is 1.21 bits per heavy atom. The molecule has 1 amide bonds. The molecule has 0 atom stereocenters. The molecule has 0 bridgehead atoms. The van der Waals surface area contributed by atoms with E-state index in [0.717, 1.165) is 5.56 Å². The van der Waals surface area contributed by atoms with E-state index >= 15 is 0 Å². The number of rotatable bonds is 5. The Bertz CT molecular complexity index is 868. The molecule has 0 aliphatic heterocycles. The molecule has 6 nitrogen and oxygen atoms in total. The second-order valence-electron chi connectivity index (χ2n) is 5.06. The number of hydroxylamine groups is 1. The highest BCUT2D eigenvalue weighted by molar-refractivity contribution is 7.89. The lowest BCUT2D eigenvalue weighted by atomic mass is 10.2. The van der Waals surface area contributed by atoms with E-state index in [1.165, 1.54) is 50.6 Å². The van der Waals surface area contributed by atoms with Crippen molar-refractivity contribution < 1.29 is 22.4 Å². The van der Waals surface area contributed by atoms with Crippen LogP contribution in [0.15, 0.2) is 47.4 Å². The first-order valence-electron chi connectivity index (χ1n) is 6.96. The minimum atomic E-state index is -3.88. The number of aryl methyl sites for hydroxylation is 1. The molecule has 0 aliphatic rings. The predicted octanol–water partition coefficient (Wildman–Crippen LogP) is 2.57. The van der Waals surface area contributed by atoms with Gasteiger partial charge < -0.3 is 5.32 Å². The molecular formula is C16H17FN2O4S. The van der Waals surface area contributed by atoms with Crippen molar-refractivity contribution in [3.63, 3.8) is 0 Å². The zero-order chi connectivity index (χ0) is 17.9. The molecule has 0 fully saturated rings. The summed E-state index contributed by atoms with van der Waals surface area (Å²) >= 11 is 0. The molecule has 0 unspecified atom stereocenters. The van der Waals surface area contributed by atoms with Crippen LogP contribution in [0.2, 0.25) is 0 Å². The molecule has 0 aromatic heterocycles. The third kappa shape index (κ3) is 3.78. The smallest absolute Gasteiger partial charge is 0.264 e. The van der Waals surface area contributed by atoms with Crippen LogP contribution < -0.4 is 5.32 Å². The van der Waals surface area contributed by atoms with Gasteiger partial charge in [0.2, 0.25) is 0 Å². The lowest BCUT2D eigenvalue weighted by molar-refractivity contribution is -0.0258. The van der Waals surface area contributed by atoms with Gasteiger partial charge in [-0.15, -0.1) is 0 Å². The van der Waals surface area contributed by atoms with Gasteiger partial charge in [0.15, 0.2) is 0 Å². The number of halogens is 1. The summed E-state index contributed by atoms with van der Waals surface area (Å²) < 4.78 is 38.8. The lowest BCUT2D eigenvalue weighted by Crippen LogP contribution is -2.26. The van der Waals surface area contributed by atoms with E-state index in [0.29, 0.717) is 4.47 Å². The third-order valence-corrected chi connectivity index (χ3v) is 5.04. The highest BCUT2D eigenvalue weighted by Crippen LogP contribution is 2.19. The Morgan fingerprint density at radius 3 is 2.58 bits per heavy atom. The van der Waals surface area contributed by atoms with E-state index in [9.17, 15) is 17.6 Å². The maximum atomic E-state index is 13.7. The van der Waals surface area contributed by atoms with Gasteiger partial charge in [-0.05, 0) is 42.8 Å². The first-order chi connectivity index (χ1) is 11.3. The van der Waals surface area contributed by atoms with Gasteiger partial charge in [0, 0.05) is 12.6 Å². The van der Waals surface area contributed by atoms with Gasteiger partial charge in [0.1, 0.15) is 5.82 Å². The van der Waals surface area contributed by atoms with Gasteiger partial charge in [-0.25, -0.2) is 12.8 Å². The summed E-state index contributed by atoms with van der Waals surface area (Å²) in [5.74, 6) is -1.19. The van der Waals surface area contributed by atoms with Crippen LogP contribution >= 0.6 is 0 Å². The van der Waals surface area contributed by atoms with Crippen molar-refractivity contribution in [1.29, 1.82) is 0 Å². The summed E-state index contributed by atoms with van der Waals surface area (Å²) in [5, 5.41) is 2.44. The van der Waals surface area contributed by atoms with Crippen LogP contribution in [0, 0.1) is 12.7 Å². The molecule has 2 rings (SSSR count). The van der Waals surface area contributed by atoms with E-state index in [1.54, 1.807) is 13.0 Å². The van der Waals surface area contributed by atoms with Crippen molar-refractivity contribution >= 4 is 21.6 Å². The summed E-state index contributed by atoms with van der Waals surface area (Å²) in [7, 11) is -1.42. The van der Waals surface area contributed by atoms with Crippen molar-refractivity contribution in [1.82, 2.24) is 4.47 Å². The maximum absolute atomic E-state index is 13.7. The molecule has 2 aromatic carbocycles. The lowest BCUT2D eigenvalue weighted by Gasteiger charge is -2.14. The fraction of sp³-hybridized carbons (Fsp3) is 0.188. The Kier molecular flexibility index (Phi) is 5.33. The van der Waals surface area contributed by atoms with Gasteiger partial charge in [-0.1, -0.05) is 16.6 Å². The number of sulfonamides is 1. The molecule has 0 radical (unpaired) electrons. The molecule has 0 heterocycles. The number of nitrogens with zero attached hydrogens (tertiary/aromatic N) is 1. The van der Waals surface area contributed by atoms with Crippen molar-refractivity contribution in [3.8, 4) is 0 Å². The van der Waals surface area contributed by atoms with Crippen LogP contribution in [0.3, 0.4) is 0 Å². The summed E-state index contributed by atoms with van der Waals surface area (Å²) in [6.45, 7) is 1.77. The van der Waals surface area contributed by atoms with Crippen LogP contribution in [0.4, 0.5) is 10.1 Å². The molecule has 0 saturated carbocycles. The molecule has 1 N–H and O–H groups in total. The molecule has 2 aromatic rings. The summed E-state index contributed by atoms with van der Waals surface area (Å²) in [4.78, 5) is 16.9. The Balaban J connectivity index is 2.31. The SMILES string of the molecule is CON(C)S(=O)(=O)c1cccc(C(=O)Nc2cc(C)ccc2F)c1. The van der Waals surface area contributed by atoms with Gasteiger partial charge in [-0.2, -0.15) is 0 Å². The van der Waals surface area contributed by atoms with Crippen LogP contribution in [-0.4, -0.2) is 33.0 Å². The topological polar surface area (TPSA) is 75.7 Å². The number of carbonyl (C=O) groups is 1. The number of nitrogens with one attached hydrogen (secondary N) is 1. The fourth-order valence-corrected chi connectivity index (χ4v) is 2.99. The first-order valence-corrected chi connectivity index (χ1v) is 8.40. The predicted molar refractivity (Wildman–Crippen MR) is 87.5 cm³/mol. The molecule has 0 saturated heterocycles. The minimum absolute atomic E-state index is 0.0299. The zero-order valence-corrected chi connectivity index (χ0v) is 14.2. The maximum Gasteiger partial charge on any atom is 0.264 e. The van der Waals surface area contributed by atoms with Crippen LogP contribution in [0.25, 0.3) is 0 Å². The Labute approximate surface area is 139 Å². The molecule has 128 valence electrons. The number of benzene rings is 2. The zero-order valence-electron chi connectivity index (χ0n) is 13.4. The van der Waals surface area contributed by atoms with Crippen molar-refractivity contribution in [2.45, 2.75) is 11.8 Å². The molecular weight excluding hydrogens is 335 g/mol. The molecule has 0 aliphatic carbocycles. The van der Waals surface area contributed by atoms with E-state index in [-0.39, 0.29) is 16.1 Å². The Morgan fingerprint density at radius 2 is 1.92 bits per heavy atom. The monoisotopic (exact) mass is 352 g/mol. The number of carbonyl (C=O) groups excluding carboxylic acids is 1. The van der Waals surface area contributed by atoms with Gasteiger partial charge in [0.05, 0.1) is 17.7 Å². The van der Waals surface area contributed by atoms with Crippen LogP contribution in [0.1, 0.15) is 15.9 Å². The highest BCUT2D eigenvalue weighted by Gasteiger charge is 2.22. The van der Waals surface area contributed by atoms with E-state index in [1.807, 2.05) is 0 Å². The Hall–Kier alpha value is -2.29. The van der Waals surface area contributed by atoms with Crippen molar-refractivity contribution in [3.05, 3.63) is 59.4 Å². The minimum Gasteiger partial charge on any atom is -0.319 e. The molecule has 0 spiro atoms. The van der Waals surface area contributed by atoms with Gasteiger partial charge in [-0.3, -0.25) is 9.63 Å². The molecule has 24 heavy (non-hydrogen) atoms. The van der Waals surface area contributed by atoms with Crippen molar-refractivity contribution in [2.24, 2.45) is 0 Å². The average Bonchev–Trinajstić information content (AvgIpc) is 2.57. The summed E-state index contributed by atoms with van der Waals surface area (Å²) in [6, 6.07) is 9.74. The first kappa shape index (κ1) is 18.1. The number of amides is 1. The molecule has 8 heteroatoms. The second-order valence-corrected chi connectivity index (χ2v) is 7.00. The average molecular weight is 352 g/mol. The third-order valence-electron chi connectivity index (χ3n) is 3.36. The largest absolute Gasteiger partial charge is 0.319 e. The quantitative estimate of drug-likeness (QED) is 0.839.